The molecule has 0 saturated heterocycles. The van der Waals surface area contributed by atoms with Crippen LogP contribution in [0.15, 0.2) is 0 Å². The van der Waals surface area contributed by atoms with Crippen LogP contribution in [0.5, 0.6) is 0 Å². The van der Waals surface area contributed by atoms with Crippen molar-refractivity contribution in [1.82, 2.24) is 0 Å². The molecule has 0 aromatic heterocycles. The molecule has 0 saturated carbocycles. The van der Waals surface area contributed by atoms with E-state index in [0.29, 0.717) is 0 Å². The van der Waals surface area contributed by atoms with E-state index in [2.05, 4.69) is 13.8 Å². The van der Waals surface area contributed by atoms with E-state index in [1.807, 2.05) is 13.8 Å². The van der Waals surface area contributed by atoms with E-state index in [1.54, 1.807) is 0 Å². The molecule has 0 amide bonds. The second-order valence-corrected chi connectivity index (χ2v) is 5.08. The van der Waals surface area contributed by atoms with Crippen LogP contribution in [0, 0.1) is 6.92 Å². The van der Waals surface area contributed by atoms with Gasteiger partial charge in [0, 0.05) is 6.61 Å². The molecular weight excluding hydrogens is 184 g/mol. The summed E-state index contributed by atoms with van der Waals surface area (Å²) in [6.07, 6.45) is 10.8. The van der Waals surface area contributed by atoms with E-state index >= 15 is 0 Å². The van der Waals surface area contributed by atoms with Gasteiger partial charge in [0.05, 0.1) is 5.60 Å². The van der Waals surface area contributed by atoms with Gasteiger partial charge in [0.2, 0.25) is 0 Å². The molecular formula is C14H29O. The molecule has 0 N–H and O–H groups in total. The van der Waals surface area contributed by atoms with Crippen LogP contribution in [0.2, 0.25) is 0 Å². The van der Waals surface area contributed by atoms with E-state index in [0.717, 1.165) is 6.61 Å². The molecule has 91 valence electrons. The Balaban J connectivity index is 2.99. The van der Waals surface area contributed by atoms with E-state index in [9.17, 15) is 0 Å². The van der Waals surface area contributed by atoms with Crippen molar-refractivity contribution in [3.05, 3.63) is 6.92 Å². The summed E-state index contributed by atoms with van der Waals surface area (Å²) >= 11 is 0. The molecule has 0 rings (SSSR count). The smallest absolute Gasteiger partial charge is 0.0627 e. The van der Waals surface area contributed by atoms with Crippen molar-refractivity contribution in [2.45, 2.75) is 77.7 Å². The van der Waals surface area contributed by atoms with Crippen LogP contribution in [-0.4, -0.2) is 12.2 Å². The molecule has 0 spiro atoms. The van der Waals surface area contributed by atoms with Crippen LogP contribution in [-0.2, 0) is 4.74 Å². The molecule has 15 heavy (non-hydrogen) atoms. The van der Waals surface area contributed by atoms with Crippen molar-refractivity contribution < 1.29 is 4.74 Å². The lowest BCUT2D eigenvalue weighted by atomic mass is 10.1. The third-order valence-corrected chi connectivity index (χ3v) is 2.49. The summed E-state index contributed by atoms with van der Waals surface area (Å²) < 4.78 is 5.56. The van der Waals surface area contributed by atoms with Gasteiger partial charge in [0.25, 0.3) is 0 Å². The monoisotopic (exact) mass is 213 g/mol. The molecule has 0 atom stereocenters. The van der Waals surface area contributed by atoms with Crippen molar-refractivity contribution in [2.75, 3.05) is 6.61 Å². The topological polar surface area (TPSA) is 9.23 Å². The highest BCUT2D eigenvalue weighted by atomic mass is 16.5. The summed E-state index contributed by atoms with van der Waals surface area (Å²) in [5.41, 5.74) is -0.207. The fourth-order valence-electron chi connectivity index (χ4n) is 1.58. The summed E-state index contributed by atoms with van der Waals surface area (Å²) in [7, 11) is 0. The molecule has 0 unspecified atom stereocenters. The van der Waals surface area contributed by atoms with Crippen molar-refractivity contribution in [3.63, 3.8) is 0 Å². The molecule has 0 aliphatic rings. The molecule has 1 nitrogen and oxygen atoms in total. The minimum Gasteiger partial charge on any atom is -0.376 e. The highest BCUT2D eigenvalue weighted by Gasteiger charge is 2.08. The largest absolute Gasteiger partial charge is 0.376 e. The first kappa shape index (κ1) is 15.0. The molecule has 0 aromatic rings. The fourth-order valence-corrected chi connectivity index (χ4v) is 1.58. The Bertz CT molecular complexity index is 124. The minimum atomic E-state index is -0.207. The van der Waals surface area contributed by atoms with Crippen LogP contribution in [0.1, 0.15) is 72.1 Å². The summed E-state index contributed by atoms with van der Waals surface area (Å²) in [5, 5.41) is 0. The molecule has 0 aliphatic heterocycles. The summed E-state index contributed by atoms with van der Waals surface area (Å²) in [5.74, 6) is 0. The average molecular weight is 213 g/mol. The van der Waals surface area contributed by atoms with Gasteiger partial charge in [-0.25, -0.2) is 0 Å². The molecule has 1 heteroatoms. The van der Waals surface area contributed by atoms with Crippen molar-refractivity contribution in [1.29, 1.82) is 0 Å². The van der Waals surface area contributed by atoms with Gasteiger partial charge in [0.15, 0.2) is 0 Å². The number of unbranched alkanes of at least 4 members (excludes halogenated alkanes) is 7. The first-order chi connectivity index (χ1) is 7.06. The molecule has 0 aromatic carbocycles. The van der Waals surface area contributed by atoms with Gasteiger partial charge >= 0.3 is 0 Å². The van der Waals surface area contributed by atoms with Gasteiger partial charge in [-0.2, -0.15) is 0 Å². The lowest BCUT2D eigenvalue weighted by Crippen LogP contribution is -2.20. The Morgan fingerprint density at radius 3 is 1.80 bits per heavy atom. The lowest BCUT2D eigenvalue weighted by Gasteiger charge is -2.19. The van der Waals surface area contributed by atoms with Gasteiger partial charge in [-0.3, -0.25) is 0 Å². The summed E-state index contributed by atoms with van der Waals surface area (Å²) in [6.45, 7) is 11.1. The quantitative estimate of drug-likeness (QED) is 0.476. The maximum atomic E-state index is 5.56. The third kappa shape index (κ3) is 14.0. The van der Waals surface area contributed by atoms with Gasteiger partial charge < -0.3 is 4.74 Å². The average Bonchev–Trinajstić information content (AvgIpc) is 2.14. The van der Waals surface area contributed by atoms with Crippen molar-refractivity contribution >= 4 is 0 Å². The zero-order valence-corrected chi connectivity index (χ0v) is 11.0. The highest BCUT2D eigenvalue weighted by molar-refractivity contribution is 4.69. The Morgan fingerprint density at radius 2 is 1.33 bits per heavy atom. The van der Waals surface area contributed by atoms with Crippen LogP contribution in [0.4, 0.5) is 0 Å². The molecule has 0 bridgehead atoms. The first-order valence-corrected chi connectivity index (χ1v) is 6.55. The summed E-state index contributed by atoms with van der Waals surface area (Å²) in [6, 6.07) is 0. The number of rotatable bonds is 10. The SMILES string of the molecule is [CH2]C(C)(C)OCCCCCCCCCC. The standard InChI is InChI=1S/C14H29O/c1-5-6-7-8-9-10-11-12-13-15-14(2,3)4/h2,5-13H2,1,3-4H3. The Kier molecular flexibility index (Phi) is 9.18. The Morgan fingerprint density at radius 1 is 0.867 bits per heavy atom. The second-order valence-electron chi connectivity index (χ2n) is 5.08. The second kappa shape index (κ2) is 9.21. The predicted octanol–water partition coefficient (Wildman–Crippen LogP) is 4.76. The van der Waals surface area contributed by atoms with Crippen LogP contribution >= 0.6 is 0 Å². The molecule has 1 radical (unpaired) electrons. The lowest BCUT2D eigenvalue weighted by molar-refractivity contribution is 0.0152. The third-order valence-electron chi connectivity index (χ3n) is 2.49. The van der Waals surface area contributed by atoms with E-state index in [-0.39, 0.29) is 5.60 Å². The zero-order valence-electron chi connectivity index (χ0n) is 11.0. The summed E-state index contributed by atoms with van der Waals surface area (Å²) in [4.78, 5) is 0. The number of hydrogen-bond donors (Lipinski definition) is 0. The Labute approximate surface area is 96.6 Å². The van der Waals surface area contributed by atoms with Crippen LogP contribution in [0.25, 0.3) is 0 Å². The van der Waals surface area contributed by atoms with Crippen LogP contribution in [0.3, 0.4) is 0 Å². The molecule has 0 heterocycles. The maximum absolute atomic E-state index is 5.56. The van der Waals surface area contributed by atoms with Crippen molar-refractivity contribution in [3.8, 4) is 0 Å². The van der Waals surface area contributed by atoms with E-state index in [4.69, 9.17) is 4.74 Å². The van der Waals surface area contributed by atoms with Crippen molar-refractivity contribution in [2.24, 2.45) is 0 Å². The first-order valence-electron chi connectivity index (χ1n) is 6.55. The molecule has 0 fully saturated rings. The van der Waals surface area contributed by atoms with E-state index in [1.165, 1.54) is 51.4 Å². The van der Waals surface area contributed by atoms with E-state index < -0.39 is 0 Å². The predicted molar refractivity (Wildman–Crippen MR) is 68.0 cm³/mol. The van der Waals surface area contributed by atoms with Gasteiger partial charge in [-0.15, -0.1) is 0 Å². The van der Waals surface area contributed by atoms with Gasteiger partial charge in [-0.05, 0) is 27.2 Å². The van der Waals surface area contributed by atoms with Gasteiger partial charge in [-0.1, -0.05) is 51.9 Å². The Hall–Kier alpha value is -0.0400. The highest BCUT2D eigenvalue weighted by Crippen LogP contribution is 2.10. The number of ether oxygens (including phenoxy) is 1. The van der Waals surface area contributed by atoms with Crippen LogP contribution < -0.4 is 0 Å². The number of hydrogen-bond acceptors (Lipinski definition) is 1. The normalized spacial score (nSPS) is 12.0. The fraction of sp³-hybridized carbons (Fsp3) is 0.929. The van der Waals surface area contributed by atoms with Gasteiger partial charge in [0.1, 0.15) is 0 Å². The zero-order chi connectivity index (χ0) is 11.6. The maximum Gasteiger partial charge on any atom is 0.0627 e. The minimum absolute atomic E-state index is 0.207. The molecule has 0 aliphatic carbocycles.